The monoisotopic (exact) mass is 287 g/mol. The lowest BCUT2D eigenvalue weighted by Crippen LogP contribution is -2.60. The Morgan fingerprint density at radius 2 is 1.71 bits per heavy atom. The van der Waals surface area contributed by atoms with Crippen molar-refractivity contribution in [3.8, 4) is 0 Å². The number of benzene rings is 1. The molecule has 1 aliphatic carbocycles. The summed E-state index contributed by atoms with van der Waals surface area (Å²) in [5.74, 6) is 1.54. The largest absolute Gasteiger partial charge is 0.371 e. The van der Waals surface area contributed by atoms with E-state index in [1.54, 1.807) is 0 Å². The van der Waals surface area contributed by atoms with E-state index in [-0.39, 0.29) is 5.54 Å². The fraction of sp³-hybridized carbons (Fsp3) is 0.667. The highest BCUT2D eigenvalue weighted by molar-refractivity contribution is 5.74. The molecular weight excluding hydrogens is 258 g/mol. The SMILES string of the molecule is CC1CC(C)CC(CN)(N2CCN(C)c3ccccc32)C1. The molecular formula is C18H29N3. The third-order valence-electron chi connectivity index (χ3n) is 5.46. The molecule has 21 heavy (non-hydrogen) atoms. The van der Waals surface area contributed by atoms with Crippen LogP contribution in [0, 0.1) is 11.8 Å². The van der Waals surface area contributed by atoms with Crippen LogP contribution in [0.2, 0.25) is 0 Å². The van der Waals surface area contributed by atoms with Crippen molar-refractivity contribution >= 4 is 11.4 Å². The molecule has 0 saturated heterocycles. The number of nitrogens with zero attached hydrogens (tertiary/aromatic N) is 2. The Labute approximate surface area is 129 Å². The fourth-order valence-electron chi connectivity index (χ4n) is 4.73. The summed E-state index contributed by atoms with van der Waals surface area (Å²) in [6.07, 6.45) is 3.80. The predicted octanol–water partition coefficient (Wildman–Crippen LogP) is 3.10. The van der Waals surface area contributed by atoms with E-state index < -0.39 is 0 Å². The molecule has 0 bridgehead atoms. The lowest BCUT2D eigenvalue weighted by atomic mass is 9.70. The van der Waals surface area contributed by atoms with Gasteiger partial charge in [-0.1, -0.05) is 26.0 Å². The normalized spacial score (nSPS) is 33.0. The first-order valence-corrected chi connectivity index (χ1v) is 8.33. The molecule has 0 amide bonds. The van der Waals surface area contributed by atoms with Crippen molar-refractivity contribution in [1.29, 1.82) is 0 Å². The molecule has 1 saturated carbocycles. The minimum absolute atomic E-state index is 0.147. The molecule has 0 radical (unpaired) electrons. The number of anilines is 2. The van der Waals surface area contributed by atoms with Crippen LogP contribution in [-0.4, -0.2) is 32.2 Å². The average Bonchev–Trinajstić information content (AvgIpc) is 2.46. The molecule has 3 rings (SSSR count). The van der Waals surface area contributed by atoms with Gasteiger partial charge in [0, 0.05) is 26.7 Å². The molecule has 2 aliphatic rings. The van der Waals surface area contributed by atoms with Gasteiger partial charge in [-0.25, -0.2) is 0 Å². The van der Waals surface area contributed by atoms with Gasteiger partial charge in [0.25, 0.3) is 0 Å². The standard InChI is InChI=1S/C18H29N3/c1-14-10-15(2)12-18(11-14,13-19)21-9-8-20(3)16-6-4-5-7-17(16)21/h4-7,14-15H,8-13,19H2,1-3H3. The number of likely N-dealkylation sites (N-methyl/N-ethyl adjacent to an activating group) is 1. The first-order valence-electron chi connectivity index (χ1n) is 8.33. The molecule has 2 N–H and O–H groups in total. The lowest BCUT2D eigenvalue weighted by Gasteiger charge is -2.53. The van der Waals surface area contributed by atoms with Crippen molar-refractivity contribution in [2.75, 3.05) is 36.5 Å². The van der Waals surface area contributed by atoms with Crippen LogP contribution in [0.4, 0.5) is 11.4 Å². The zero-order valence-corrected chi connectivity index (χ0v) is 13.7. The maximum absolute atomic E-state index is 6.33. The van der Waals surface area contributed by atoms with Crippen LogP contribution < -0.4 is 15.5 Å². The van der Waals surface area contributed by atoms with Gasteiger partial charge in [-0.15, -0.1) is 0 Å². The van der Waals surface area contributed by atoms with Crippen LogP contribution in [0.15, 0.2) is 24.3 Å². The molecule has 1 aromatic rings. The molecule has 1 heterocycles. The number of hydrogen-bond donors (Lipinski definition) is 1. The van der Waals surface area contributed by atoms with E-state index in [1.165, 1.54) is 30.6 Å². The number of hydrogen-bond acceptors (Lipinski definition) is 3. The first-order chi connectivity index (χ1) is 10.1. The zero-order chi connectivity index (χ0) is 15.0. The van der Waals surface area contributed by atoms with Crippen molar-refractivity contribution in [2.24, 2.45) is 17.6 Å². The van der Waals surface area contributed by atoms with E-state index in [2.05, 4.69) is 55.0 Å². The van der Waals surface area contributed by atoms with Gasteiger partial charge in [0.1, 0.15) is 0 Å². The van der Waals surface area contributed by atoms with Gasteiger partial charge in [-0.2, -0.15) is 0 Å². The Hall–Kier alpha value is -1.22. The van der Waals surface area contributed by atoms with Gasteiger partial charge >= 0.3 is 0 Å². The maximum atomic E-state index is 6.33. The summed E-state index contributed by atoms with van der Waals surface area (Å²) in [5, 5.41) is 0. The Kier molecular flexibility index (Phi) is 3.87. The summed E-state index contributed by atoms with van der Waals surface area (Å²) in [7, 11) is 2.19. The first kappa shape index (κ1) is 14.7. The summed E-state index contributed by atoms with van der Waals surface area (Å²) >= 11 is 0. The van der Waals surface area contributed by atoms with E-state index in [0.717, 1.165) is 31.5 Å². The van der Waals surface area contributed by atoms with E-state index in [1.807, 2.05) is 0 Å². The second kappa shape index (κ2) is 5.53. The molecule has 3 nitrogen and oxygen atoms in total. The minimum atomic E-state index is 0.147. The number of fused-ring (bicyclic) bond motifs is 1. The van der Waals surface area contributed by atoms with Crippen LogP contribution >= 0.6 is 0 Å². The van der Waals surface area contributed by atoms with Gasteiger partial charge < -0.3 is 15.5 Å². The van der Waals surface area contributed by atoms with Crippen molar-refractivity contribution in [3.63, 3.8) is 0 Å². The number of para-hydroxylation sites is 2. The second-order valence-electron chi connectivity index (χ2n) is 7.34. The lowest BCUT2D eigenvalue weighted by molar-refractivity contribution is 0.176. The van der Waals surface area contributed by atoms with Gasteiger partial charge in [-0.3, -0.25) is 0 Å². The molecule has 0 spiro atoms. The summed E-state index contributed by atoms with van der Waals surface area (Å²) in [6.45, 7) is 7.72. The van der Waals surface area contributed by atoms with Crippen molar-refractivity contribution in [3.05, 3.63) is 24.3 Å². The van der Waals surface area contributed by atoms with E-state index >= 15 is 0 Å². The van der Waals surface area contributed by atoms with Gasteiger partial charge in [0.2, 0.25) is 0 Å². The number of nitrogens with two attached hydrogens (primary N) is 1. The summed E-state index contributed by atoms with van der Waals surface area (Å²) < 4.78 is 0. The molecule has 0 aromatic heterocycles. The minimum Gasteiger partial charge on any atom is -0.371 e. The summed E-state index contributed by atoms with van der Waals surface area (Å²) in [6, 6.07) is 8.80. The van der Waals surface area contributed by atoms with Crippen LogP contribution in [0.25, 0.3) is 0 Å². The molecule has 3 heteroatoms. The maximum Gasteiger partial charge on any atom is 0.0609 e. The van der Waals surface area contributed by atoms with Gasteiger partial charge in [0.05, 0.1) is 16.9 Å². The predicted molar refractivity (Wildman–Crippen MR) is 91.0 cm³/mol. The Bertz CT molecular complexity index is 489. The Morgan fingerprint density at radius 3 is 2.33 bits per heavy atom. The Morgan fingerprint density at radius 1 is 1.10 bits per heavy atom. The van der Waals surface area contributed by atoms with Gasteiger partial charge in [-0.05, 0) is 43.2 Å². The summed E-state index contributed by atoms with van der Waals surface area (Å²) in [4.78, 5) is 5.00. The van der Waals surface area contributed by atoms with Crippen LogP contribution in [0.1, 0.15) is 33.1 Å². The molecule has 1 aromatic carbocycles. The topological polar surface area (TPSA) is 32.5 Å². The van der Waals surface area contributed by atoms with E-state index in [0.29, 0.717) is 0 Å². The molecule has 2 atom stereocenters. The van der Waals surface area contributed by atoms with E-state index in [4.69, 9.17) is 5.73 Å². The van der Waals surface area contributed by atoms with E-state index in [9.17, 15) is 0 Å². The smallest absolute Gasteiger partial charge is 0.0609 e. The zero-order valence-electron chi connectivity index (χ0n) is 13.7. The van der Waals surface area contributed by atoms with Gasteiger partial charge in [0.15, 0.2) is 0 Å². The number of rotatable bonds is 2. The van der Waals surface area contributed by atoms with Crippen LogP contribution in [-0.2, 0) is 0 Å². The quantitative estimate of drug-likeness (QED) is 0.907. The van der Waals surface area contributed by atoms with Crippen molar-refractivity contribution in [1.82, 2.24) is 0 Å². The highest BCUT2D eigenvalue weighted by Crippen LogP contribution is 2.44. The van der Waals surface area contributed by atoms with Crippen LogP contribution in [0.3, 0.4) is 0 Å². The third kappa shape index (κ3) is 2.52. The highest BCUT2D eigenvalue weighted by Gasteiger charge is 2.43. The molecule has 1 fully saturated rings. The third-order valence-corrected chi connectivity index (χ3v) is 5.46. The van der Waals surface area contributed by atoms with Crippen LogP contribution in [0.5, 0.6) is 0 Å². The second-order valence-corrected chi connectivity index (χ2v) is 7.34. The van der Waals surface area contributed by atoms with Crippen molar-refractivity contribution in [2.45, 2.75) is 38.6 Å². The molecule has 1 aliphatic heterocycles. The molecule has 116 valence electrons. The van der Waals surface area contributed by atoms with Crippen molar-refractivity contribution < 1.29 is 0 Å². The average molecular weight is 287 g/mol. The fourth-order valence-corrected chi connectivity index (χ4v) is 4.73. The highest BCUT2D eigenvalue weighted by atomic mass is 15.3. The summed E-state index contributed by atoms with van der Waals surface area (Å²) in [5.41, 5.74) is 9.20. The molecule has 2 unspecified atom stereocenters. The Balaban J connectivity index is 2.00.